The van der Waals surface area contributed by atoms with Gasteiger partial charge in [-0.05, 0) is 73.8 Å². The second-order valence-electron chi connectivity index (χ2n) is 9.20. The molecule has 2 heterocycles. The minimum atomic E-state index is -0.343. The van der Waals surface area contributed by atoms with Crippen molar-refractivity contribution in [2.45, 2.75) is 6.61 Å². The van der Waals surface area contributed by atoms with Crippen LogP contribution in [0.5, 0.6) is 17.2 Å². The molecule has 6 rings (SSSR count). The van der Waals surface area contributed by atoms with Crippen molar-refractivity contribution in [1.29, 1.82) is 0 Å². The van der Waals surface area contributed by atoms with Crippen molar-refractivity contribution in [3.63, 3.8) is 0 Å². The maximum absolute atomic E-state index is 13.7. The molecule has 4 aromatic carbocycles. The Morgan fingerprint density at radius 1 is 0.881 bits per heavy atom. The molecule has 0 aliphatic carbocycles. The van der Waals surface area contributed by atoms with E-state index in [9.17, 15) is 4.79 Å². The van der Waals surface area contributed by atoms with Gasteiger partial charge in [-0.2, -0.15) is 9.78 Å². The van der Waals surface area contributed by atoms with Crippen molar-refractivity contribution in [2.24, 2.45) is 5.10 Å². The van der Waals surface area contributed by atoms with Crippen molar-refractivity contribution in [1.82, 2.24) is 9.66 Å². The van der Waals surface area contributed by atoms with Crippen LogP contribution < -0.4 is 19.8 Å². The third-order valence-electron chi connectivity index (χ3n) is 6.63. The van der Waals surface area contributed by atoms with Crippen LogP contribution >= 0.6 is 31.9 Å². The summed E-state index contributed by atoms with van der Waals surface area (Å²) in [6.07, 6.45) is 1.56. The van der Waals surface area contributed by atoms with Crippen molar-refractivity contribution >= 4 is 59.9 Å². The van der Waals surface area contributed by atoms with E-state index in [1.165, 1.54) is 4.68 Å². The molecule has 0 unspecified atom stereocenters. The van der Waals surface area contributed by atoms with Crippen LogP contribution in [0.25, 0.3) is 33.5 Å². The van der Waals surface area contributed by atoms with Crippen molar-refractivity contribution in [3.8, 4) is 28.8 Å². The van der Waals surface area contributed by atoms with Gasteiger partial charge in [0.1, 0.15) is 17.9 Å². The monoisotopic (exact) mass is 687 g/mol. The zero-order valence-electron chi connectivity index (χ0n) is 22.5. The maximum Gasteiger partial charge on any atom is 0.282 e. The number of fused-ring (bicyclic) bond motifs is 2. The van der Waals surface area contributed by atoms with E-state index < -0.39 is 0 Å². The molecule has 0 bridgehead atoms. The van der Waals surface area contributed by atoms with Crippen molar-refractivity contribution in [3.05, 3.63) is 115 Å². The Hall–Kier alpha value is -4.41. The van der Waals surface area contributed by atoms with E-state index in [0.29, 0.717) is 60.6 Å². The third-order valence-corrected chi connectivity index (χ3v) is 8.77. The Labute approximate surface area is 257 Å². The summed E-state index contributed by atoms with van der Waals surface area (Å²) in [4.78, 5) is 18.5. The number of hydrogen-bond donors (Lipinski definition) is 0. The second kappa shape index (κ2) is 11.8. The van der Waals surface area contributed by atoms with Crippen LogP contribution in [0, 0.1) is 0 Å². The Balaban J connectivity index is 1.45. The molecule has 0 saturated heterocycles. The molecule has 0 fully saturated rings. The van der Waals surface area contributed by atoms with Gasteiger partial charge in [-0.25, -0.2) is 4.98 Å². The Morgan fingerprint density at radius 2 is 1.64 bits per heavy atom. The number of nitrogens with zero attached hydrogens (tertiary/aromatic N) is 3. The highest BCUT2D eigenvalue weighted by Crippen LogP contribution is 2.42. The molecular weight excluding hydrogens is 666 g/mol. The average molecular weight is 689 g/mol. The van der Waals surface area contributed by atoms with Gasteiger partial charge >= 0.3 is 0 Å². The molecule has 0 aliphatic heterocycles. The summed E-state index contributed by atoms with van der Waals surface area (Å²) in [6.45, 7) is 0.361. The zero-order chi connectivity index (χ0) is 29.2. The van der Waals surface area contributed by atoms with Gasteiger partial charge in [0.15, 0.2) is 17.3 Å². The van der Waals surface area contributed by atoms with Crippen LogP contribution in [0.3, 0.4) is 0 Å². The lowest BCUT2D eigenvalue weighted by atomic mass is 10.2. The summed E-state index contributed by atoms with van der Waals surface area (Å²) >= 11 is 7.28. The van der Waals surface area contributed by atoms with Gasteiger partial charge in [-0.3, -0.25) is 4.79 Å². The smallest absolute Gasteiger partial charge is 0.282 e. The van der Waals surface area contributed by atoms with Crippen LogP contribution in [0.15, 0.2) is 108 Å². The molecule has 2 aromatic heterocycles. The summed E-state index contributed by atoms with van der Waals surface area (Å²) < 4.78 is 25.9. The molecule has 0 saturated carbocycles. The lowest BCUT2D eigenvalue weighted by Gasteiger charge is -2.15. The van der Waals surface area contributed by atoms with Gasteiger partial charge in [0.2, 0.25) is 5.82 Å². The molecule has 0 spiro atoms. The maximum atomic E-state index is 13.7. The topological polar surface area (TPSA) is 88.1 Å². The van der Waals surface area contributed by atoms with E-state index in [0.717, 1.165) is 10.9 Å². The fraction of sp³-hybridized carbons (Fsp3) is 0.0938. The van der Waals surface area contributed by atoms with Crippen molar-refractivity contribution in [2.75, 3.05) is 14.2 Å². The van der Waals surface area contributed by atoms with Crippen LogP contribution in [-0.4, -0.2) is 30.1 Å². The van der Waals surface area contributed by atoms with Gasteiger partial charge in [0.25, 0.3) is 5.56 Å². The molecule has 42 heavy (non-hydrogen) atoms. The Bertz CT molecular complexity index is 2020. The predicted molar refractivity (Wildman–Crippen MR) is 170 cm³/mol. The minimum absolute atomic E-state index is 0.248. The van der Waals surface area contributed by atoms with E-state index in [2.05, 4.69) is 37.0 Å². The first-order chi connectivity index (χ1) is 20.5. The number of hydrogen-bond acceptors (Lipinski definition) is 7. The number of rotatable bonds is 8. The van der Waals surface area contributed by atoms with Gasteiger partial charge in [0.05, 0.1) is 41.2 Å². The minimum Gasteiger partial charge on any atom is -0.496 e. The highest BCUT2D eigenvalue weighted by molar-refractivity contribution is 9.13. The van der Waals surface area contributed by atoms with Gasteiger partial charge in [0, 0.05) is 10.0 Å². The van der Waals surface area contributed by atoms with Gasteiger partial charge in [-0.15, -0.1) is 0 Å². The molecule has 0 aliphatic rings. The molecule has 0 atom stereocenters. The van der Waals surface area contributed by atoms with Crippen molar-refractivity contribution < 1.29 is 18.6 Å². The van der Waals surface area contributed by atoms with Crippen LogP contribution in [0.1, 0.15) is 11.1 Å². The third kappa shape index (κ3) is 5.19. The first-order valence-electron chi connectivity index (χ1n) is 12.8. The number of aromatic nitrogens is 2. The fourth-order valence-electron chi connectivity index (χ4n) is 4.55. The number of furan rings is 1. The number of halogens is 2. The fourth-order valence-corrected chi connectivity index (χ4v) is 5.48. The quantitative estimate of drug-likeness (QED) is 0.152. The molecule has 0 amide bonds. The number of methoxy groups -OCH3 is 2. The predicted octanol–water partition coefficient (Wildman–Crippen LogP) is 7.81. The van der Waals surface area contributed by atoms with Gasteiger partial charge in [-0.1, -0.05) is 48.5 Å². The number of para-hydroxylation sites is 1. The molecule has 0 N–H and O–H groups in total. The first-order valence-corrected chi connectivity index (χ1v) is 14.4. The molecule has 6 aromatic rings. The molecule has 8 nitrogen and oxygen atoms in total. The van der Waals surface area contributed by atoms with Gasteiger partial charge < -0.3 is 18.6 Å². The van der Waals surface area contributed by atoms with Crippen LogP contribution in [-0.2, 0) is 6.61 Å². The summed E-state index contributed by atoms with van der Waals surface area (Å²) in [5.74, 6) is 2.30. The van der Waals surface area contributed by atoms with E-state index in [1.807, 2.05) is 54.6 Å². The first kappa shape index (κ1) is 27.7. The number of benzene rings is 4. The Kier molecular flexibility index (Phi) is 7.82. The SMILES string of the molecule is COc1cc(C=Nn2c(-c3cc4c(OC)cccc4o3)nc3ccccc3c2=O)c(Br)c(Br)c1OCc1ccccc1. The van der Waals surface area contributed by atoms with E-state index >= 15 is 0 Å². The lowest BCUT2D eigenvalue weighted by molar-refractivity contribution is 0.282. The molecule has 0 radical (unpaired) electrons. The van der Waals surface area contributed by atoms with E-state index in [4.69, 9.17) is 23.6 Å². The average Bonchev–Trinajstić information content (AvgIpc) is 3.47. The largest absolute Gasteiger partial charge is 0.496 e. The van der Waals surface area contributed by atoms with Crippen LogP contribution in [0.2, 0.25) is 0 Å². The highest BCUT2D eigenvalue weighted by Gasteiger charge is 2.20. The Morgan fingerprint density at radius 3 is 2.43 bits per heavy atom. The lowest BCUT2D eigenvalue weighted by Crippen LogP contribution is -2.20. The summed E-state index contributed by atoms with van der Waals surface area (Å²) in [6, 6.07) is 26.1. The number of ether oxygens (including phenoxy) is 3. The van der Waals surface area contributed by atoms with E-state index in [-0.39, 0.29) is 11.4 Å². The zero-order valence-corrected chi connectivity index (χ0v) is 25.7. The normalized spacial score (nSPS) is 11.4. The van der Waals surface area contributed by atoms with Crippen LogP contribution in [0.4, 0.5) is 0 Å². The second-order valence-corrected chi connectivity index (χ2v) is 10.8. The molecule has 210 valence electrons. The highest BCUT2D eigenvalue weighted by atomic mass is 79.9. The molecule has 10 heteroatoms. The molecular formula is C32H23Br2N3O5. The standard InChI is InChI=1S/C32H23Br2N3O5/c1-39-24-13-8-14-25-22(24)16-27(42-25)31-36-23-12-7-6-11-21(23)32(38)37(31)35-17-20-15-26(40-2)30(29(34)28(20)33)41-18-19-9-4-3-5-10-19/h3-17H,18H2,1-2H3. The summed E-state index contributed by atoms with van der Waals surface area (Å²) in [5, 5.41) is 5.78. The summed E-state index contributed by atoms with van der Waals surface area (Å²) in [7, 11) is 3.16. The summed E-state index contributed by atoms with van der Waals surface area (Å²) in [5.41, 5.74) is 2.45. The van der Waals surface area contributed by atoms with E-state index in [1.54, 1.807) is 50.8 Å².